The van der Waals surface area contributed by atoms with Crippen LogP contribution in [0.5, 0.6) is 11.5 Å². The van der Waals surface area contributed by atoms with Gasteiger partial charge in [-0.1, -0.05) is 5.16 Å². The SMILES string of the molecule is COc1ccc(-c2noc(C(=O)O)c2C)cc1OC. The average Bonchev–Trinajstić information content (AvgIpc) is 2.80. The molecule has 19 heavy (non-hydrogen) atoms. The Morgan fingerprint density at radius 1 is 1.26 bits per heavy atom. The summed E-state index contributed by atoms with van der Waals surface area (Å²) in [4.78, 5) is 10.9. The Bertz CT molecular complexity index is 617. The van der Waals surface area contributed by atoms with Gasteiger partial charge in [0.25, 0.3) is 0 Å². The zero-order valence-corrected chi connectivity index (χ0v) is 10.8. The molecule has 2 rings (SSSR count). The Morgan fingerprint density at radius 3 is 2.47 bits per heavy atom. The van der Waals surface area contributed by atoms with Crippen LogP contribution in [-0.2, 0) is 0 Å². The zero-order chi connectivity index (χ0) is 14.0. The van der Waals surface area contributed by atoms with Crippen LogP contribution >= 0.6 is 0 Å². The molecule has 0 amide bonds. The van der Waals surface area contributed by atoms with E-state index in [2.05, 4.69) is 5.16 Å². The van der Waals surface area contributed by atoms with Gasteiger partial charge >= 0.3 is 5.97 Å². The second-order valence-corrected chi connectivity index (χ2v) is 3.86. The normalized spacial score (nSPS) is 10.3. The van der Waals surface area contributed by atoms with Crippen LogP contribution in [-0.4, -0.2) is 30.5 Å². The summed E-state index contributed by atoms with van der Waals surface area (Å²) in [5.41, 5.74) is 1.64. The van der Waals surface area contributed by atoms with E-state index >= 15 is 0 Å². The second-order valence-electron chi connectivity index (χ2n) is 3.86. The fourth-order valence-electron chi connectivity index (χ4n) is 1.79. The number of nitrogens with zero attached hydrogens (tertiary/aromatic N) is 1. The molecule has 6 heteroatoms. The molecule has 0 unspecified atom stereocenters. The Labute approximate surface area is 109 Å². The molecule has 0 radical (unpaired) electrons. The molecule has 100 valence electrons. The molecule has 0 saturated carbocycles. The maximum absolute atomic E-state index is 10.9. The fourth-order valence-corrected chi connectivity index (χ4v) is 1.79. The maximum atomic E-state index is 10.9. The smallest absolute Gasteiger partial charge is 0.375 e. The van der Waals surface area contributed by atoms with Crippen molar-refractivity contribution in [3.8, 4) is 22.8 Å². The molecule has 0 aliphatic heterocycles. The molecule has 0 spiro atoms. The first-order chi connectivity index (χ1) is 9.08. The quantitative estimate of drug-likeness (QED) is 0.911. The lowest BCUT2D eigenvalue weighted by atomic mass is 10.1. The van der Waals surface area contributed by atoms with Gasteiger partial charge in [0.1, 0.15) is 5.69 Å². The third-order valence-corrected chi connectivity index (χ3v) is 2.78. The molecule has 0 bridgehead atoms. The number of hydrogen-bond acceptors (Lipinski definition) is 5. The highest BCUT2D eigenvalue weighted by Crippen LogP contribution is 2.33. The van der Waals surface area contributed by atoms with E-state index in [1.165, 1.54) is 7.11 Å². The summed E-state index contributed by atoms with van der Waals surface area (Å²) in [7, 11) is 3.07. The highest BCUT2D eigenvalue weighted by atomic mass is 16.5. The van der Waals surface area contributed by atoms with E-state index in [-0.39, 0.29) is 5.76 Å². The van der Waals surface area contributed by atoms with Crippen molar-refractivity contribution in [3.05, 3.63) is 29.5 Å². The van der Waals surface area contributed by atoms with E-state index in [0.29, 0.717) is 28.3 Å². The summed E-state index contributed by atoms with van der Waals surface area (Å²) >= 11 is 0. The highest BCUT2D eigenvalue weighted by molar-refractivity contribution is 5.88. The van der Waals surface area contributed by atoms with Crippen LogP contribution in [0.2, 0.25) is 0 Å². The molecule has 1 aromatic carbocycles. The Balaban J connectivity index is 2.50. The third-order valence-electron chi connectivity index (χ3n) is 2.78. The number of rotatable bonds is 4. The Hall–Kier alpha value is -2.50. The largest absolute Gasteiger partial charge is 0.493 e. The second kappa shape index (κ2) is 5.01. The molecular weight excluding hydrogens is 250 g/mol. The topological polar surface area (TPSA) is 81.8 Å². The van der Waals surface area contributed by atoms with Crippen molar-refractivity contribution >= 4 is 5.97 Å². The molecule has 6 nitrogen and oxygen atoms in total. The summed E-state index contributed by atoms with van der Waals surface area (Å²) in [6.07, 6.45) is 0. The summed E-state index contributed by atoms with van der Waals surface area (Å²) < 4.78 is 15.2. The van der Waals surface area contributed by atoms with Gasteiger partial charge < -0.3 is 19.1 Å². The average molecular weight is 263 g/mol. The van der Waals surface area contributed by atoms with Crippen LogP contribution in [0.15, 0.2) is 22.7 Å². The Morgan fingerprint density at radius 2 is 1.95 bits per heavy atom. The van der Waals surface area contributed by atoms with Gasteiger partial charge in [0.15, 0.2) is 11.5 Å². The number of aromatic nitrogens is 1. The van der Waals surface area contributed by atoms with Crippen LogP contribution in [0, 0.1) is 6.92 Å². The molecule has 1 heterocycles. The molecule has 1 aromatic heterocycles. The minimum absolute atomic E-state index is 0.162. The van der Waals surface area contributed by atoms with Crippen molar-refractivity contribution < 1.29 is 23.9 Å². The van der Waals surface area contributed by atoms with Crippen LogP contribution in [0.4, 0.5) is 0 Å². The standard InChI is InChI=1S/C13H13NO5/c1-7-11(14-19-12(7)13(15)16)8-4-5-9(17-2)10(6-8)18-3/h4-6H,1-3H3,(H,15,16). The predicted octanol–water partition coefficient (Wildman–Crippen LogP) is 2.37. The molecular formula is C13H13NO5. The summed E-state index contributed by atoms with van der Waals surface area (Å²) in [6.45, 7) is 1.64. The first kappa shape index (κ1) is 12.9. The molecule has 2 aromatic rings. The van der Waals surface area contributed by atoms with Gasteiger partial charge in [0, 0.05) is 11.1 Å². The first-order valence-electron chi connectivity index (χ1n) is 5.50. The van der Waals surface area contributed by atoms with Crippen molar-refractivity contribution in [1.82, 2.24) is 5.16 Å². The molecule has 1 N–H and O–H groups in total. The summed E-state index contributed by atoms with van der Waals surface area (Å²) in [5, 5.41) is 12.7. The van der Waals surface area contributed by atoms with E-state index in [1.54, 1.807) is 32.2 Å². The first-order valence-corrected chi connectivity index (χ1v) is 5.50. The van der Waals surface area contributed by atoms with Gasteiger partial charge in [-0.2, -0.15) is 0 Å². The van der Waals surface area contributed by atoms with Gasteiger partial charge in [-0.05, 0) is 25.1 Å². The number of carboxylic acids is 1. The lowest BCUT2D eigenvalue weighted by Gasteiger charge is -2.08. The van der Waals surface area contributed by atoms with Gasteiger partial charge in [-0.25, -0.2) is 4.79 Å². The number of methoxy groups -OCH3 is 2. The molecule has 0 saturated heterocycles. The monoisotopic (exact) mass is 263 g/mol. The molecule has 0 fully saturated rings. The van der Waals surface area contributed by atoms with Crippen molar-refractivity contribution in [2.75, 3.05) is 14.2 Å². The number of ether oxygens (including phenoxy) is 2. The summed E-state index contributed by atoms with van der Waals surface area (Å²) in [5.74, 6) is -0.174. The van der Waals surface area contributed by atoms with E-state index in [1.807, 2.05) is 0 Å². The minimum Gasteiger partial charge on any atom is -0.493 e. The van der Waals surface area contributed by atoms with Crippen molar-refractivity contribution in [3.63, 3.8) is 0 Å². The number of benzene rings is 1. The minimum atomic E-state index is -1.14. The van der Waals surface area contributed by atoms with E-state index in [4.69, 9.17) is 19.1 Å². The number of hydrogen-bond donors (Lipinski definition) is 1. The number of aromatic carboxylic acids is 1. The lowest BCUT2D eigenvalue weighted by Crippen LogP contribution is -1.96. The predicted molar refractivity (Wildman–Crippen MR) is 66.7 cm³/mol. The van der Waals surface area contributed by atoms with E-state index in [9.17, 15) is 4.79 Å². The number of carboxylic acid groups (broad SMARTS) is 1. The van der Waals surface area contributed by atoms with Crippen LogP contribution in [0.25, 0.3) is 11.3 Å². The van der Waals surface area contributed by atoms with Crippen molar-refractivity contribution in [2.45, 2.75) is 6.92 Å². The zero-order valence-electron chi connectivity index (χ0n) is 10.8. The van der Waals surface area contributed by atoms with Crippen molar-refractivity contribution in [2.24, 2.45) is 0 Å². The lowest BCUT2D eigenvalue weighted by molar-refractivity contribution is 0.0651. The molecule has 0 aliphatic carbocycles. The van der Waals surface area contributed by atoms with Gasteiger partial charge in [0.2, 0.25) is 5.76 Å². The van der Waals surface area contributed by atoms with Crippen LogP contribution < -0.4 is 9.47 Å². The Kier molecular flexibility index (Phi) is 3.41. The number of carbonyl (C=O) groups is 1. The van der Waals surface area contributed by atoms with Crippen LogP contribution in [0.3, 0.4) is 0 Å². The van der Waals surface area contributed by atoms with Crippen molar-refractivity contribution in [1.29, 1.82) is 0 Å². The summed E-state index contributed by atoms with van der Waals surface area (Å²) in [6, 6.07) is 5.20. The third kappa shape index (κ3) is 2.24. The van der Waals surface area contributed by atoms with E-state index < -0.39 is 5.97 Å². The van der Waals surface area contributed by atoms with Gasteiger partial charge in [-0.15, -0.1) is 0 Å². The highest BCUT2D eigenvalue weighted by Gasteiger charge is 2.19. The molecule has 0 aliphatic rings. The van der Waals surface area contributed by atoms with Crippen LogP contribution in [0.1, 0.15) is 16.1 Å². The molecule has 0 atom stereocenters. The van der Waals surface area contributed by atoms with E-state index in [0.717, 1.165) is 0 Å². The van der Waals surface area contributed by atoms with Gasteiger partial charge in [0.05, 0.1) is 14.2 Å². The fraction of sp³-hybridized carbons (Fsp3) is 0.231. The van der Waals surface area contributed by atoms with Gasteiger partial charge in [-0.3, -0.25) is 0 Å². The maximum Gasteiger partial charge on any atom is 0.375 e.